The molecule has 0 bridgehead atoms. The lowest BCUT2D eigenvalue weighted by Gasteiger charge is -2.23. The van der Waals surface area contributed by atoms with Crippen LogP contribution >= 0.6 is 0 Å². The minimum Gasteiger partial charge on any atom is -0.480 e. The highest BCUT2D eigenvalue weighted by Gasteiger charge is 2.25. The quantitative estimate of drug-likeness (QED) is 0.725. The summed E-state index contributed by atoms with van der Waals surface area (Å²) in [4.78, 5) is 34.0. The van der Waals surface area contributed by atoms with E-state index in [4.69, 9.17) is 14.6 Å². The van der Waals surface area contributed by atoms with Crippen LogP contribution in [0.1, 0.15) is 41.5 Å². The Bertz CT molecular complexity index is 394. The Balaban J connectivity index is 4.42. The monoisotopic (exact) mass is 304 g/mol. The van der Waals surface area contributed by atoms with Crippen molar-refractivity contribution in [1.82, 2.24) is 10.6 Å². The Morgan fingerprint density at radius 3 is 1.76 bits per heavy atom. The van der Waals surface area contributed by atoms with E-state index in [0.29, 0.717) is 0 Å². The number of aliphatic carboxylic acids is 1. The Morgan fingerprint density at radius 1 is 0.952 bits per heavy atom. The van der Waals surface area contributed by atoms with Gasteiger partial charge in [-0.15, -0.1) is 0 Å². The van der Waals surface area contributed by atoms with Gasteiger partial charge in [0.25, 0.3) is 0 Å². The van der Waals surface area contributed by atoms with Crippen molar-refractivity contribution in [2.75, 3.05) is 6.54 Å². The summed E-state index contributed by atoms with van der Waals surface area (Å²) in [6, 6.07) is -1.31. The van der Waals surface area contributed by atoms with Crippen molar-refractivity contribution in [3.63, 3.8) is 0 Å². The first-order valence-corrected chi connectivity index (χ1v) is 6.49. The number of amides is 2. The standard InChI is InChI=1S/C13H24N2O6/c1-12(2,3)20-10(18)14-7-8(9(16)17)15-11(19)21-13(4,5)6/h8H,7H2,1-6H3,(H,14,18)(H,15,19)(H,16,17). The average molecular weight is 304 g/mol. The summed E-state index contributed by atoms with van der Waals surface area (Å²) in [5, 5.41) is 13.4. The lowest BCUT2D eigenvalue weighted by Crippen LogP contribution is -2.50. The van der Waals surface area contributed by atoms with E-state index in [2.05, 4.69) is 10.6 Å². The Labute approximate surface area is 124 Å². The summed E-state index contributed by atoms with van der Waals surface area (Å²) in [6.45, 7) is 9.69. The molecule has 122 valence electrons. The van der Waals surface area contributed by atoms with Gasteiger partial charge in [0.05, 0.1) is 6.54 Å². The van der Waals surface area contributed by atoms with E-state index in [1.54, 1.807) is 41.5 Å². The molecule has 0 aromatic carbocycles. The van der Waals surface area contributed by atoms with Crippen molar-refractivity contribution >= 4 is 18.2 Å². The normalized spacial score (nSPS) is 13.0. The molecule has 8 heteroatoms. The van der Waals surface area contributed by atoms with E-state index in [1.165, 1.54) is 0 Å². The second-order valence-corrected chi connectivity index (χ2v) is 6.42. The SMILES string of the molecule is CC(C)(C)OC(=O)NCC(NC(=O)OC(C)(C)C)C(=O)O. The summed E-state index contributed by atoms with van der Waals surface area (Å²) in [5.41, 5.74) is -1.44. The molecule has 0 fully saturated rings. The molecule has 0 aliphatic rings. The maximum Gasteiger partial charge on any atom is 0.408 e. The van der Waals surface area contributed by atoms with E-state index < -0.39 is 35.4 Å². The van der Waals surface area contributed by atoms with Crippen molar-refractivity contribution < 1.29 is 29.0 Å². The van der Waals surface area contributed by atoms with Crippen LogP contribution in [0, 0.1) is 0 Å². The molecule has 0 saturated heterocycles. The van der Waals surface area contributed by atoms with Gasteiger partial charge in [-0.3, -0.25) is 0 Å². The second kappa shape index (κ2) is 7.14. The van der Waals surface area contributed by atoms with Gasteiger partial charge < -0.3 is 25.2 Å². The number of hydrogen-bond donors (Lipinski definition) is 3. The van der Waals surface area contributed by atoms with Gasteiger partial charge in [0, 0.05) is 0 Å². The first-order valence-electron chi connectivity index (χ1n) is 6.49. The van der Waals surface area contributed by atoms with Gasteiger partial charge in [-0.05, 0) is 41.5 Å². The van der Waals surface area contributed by atoms with Crippen LogP contribution in [0.3, 0.4) is 0 Å². The largest absolute Gasteiger partial charge is 0.480 e. The number of ether oxygens (including phenoxy) is 2. The molecular formula is C13H24N2O6. The molecule has 0 radical (unpaired) electrons. The molecule has 2 amide bonds. The predicted octanol–water partition coefficient (Wildman–Crippen LogP) is 1.49. The maximum absolute atomic E-state index is 11.5. The predicted molar refractivity (Wildman–Crippen MR) is 75.0 cm³/mol. The highest BCUT2D eigenvalue weighted by molar-refractivity contribution is 5.81. The molecule has 0 aromatic heterocycles. The fourth-order valence-corrected chi connectivity index (χ4v) is 1.15. The Morgan fingerprint density at radius 2 is 1.38 bits per heavy atom. The average Bonchev–Trinajstić information content (AvgIpc) is 2.18. The molecule has 1 unspecified atom stereocenters. The molecule has 0 rings (SSSR count). The van der Waals surface area contributed by atoms with Crippen LogP contribution in [-0.2, 0) is 14.3 Å². The highest BCUT2D eigenvalue weighted by Crippen LogP contribution is 2.07. The summed E-state index contributed by atoms with van der Waals surface area (Å²) in [7, 11) is 0. The second-order valence-electron chi connectivity index (χ2n) is 6.42. The van der Waals surface area contributed by atoms with Crippen LogP contribution in [0.4, 0.5) is 9.59 Å². The van der Waals surface area contributed by atoms with Crippen molar-refractivity contribution in [3.05, 3.63) is 0 Å². The lowest BCUT2D eigenvalue weighted by atomic mass is 10.2. The van der Waals surface area contributed by atoms with Crippen molar-refractivity contribution in [3.8, 4) is 0 Å². The lowest BCUT2D eigenvalue weighted by molar-refractivity contribution is -0.139. The summed E-state index contributed by atoms with van der Waals surface area (Å²) < 4.78 is 9.91. The number of carbonyl (C=O) groups excluding carboxylic acids is 2. The summed E-state index contributed by atoms with van der Waals surface area (Å²) in [6.07, 6.45) is -1.64. The van der Waals surface area contributed by atoms with E-state index in [1.807, 2.05) is 0 Å². The Hall–Kier alpha value is -1.99. The maximum atomic E-state index is 11.5. The van der Waals surface area contributed by atoms with Crippen molar-refractivity contribution in [2.45, 2.75) is 58.8 Å². The van der Waals surface area contributed by atoms with Crippen LogP contribution < -0.4 is 10.6 Å². The third-order valence-corrected chi connectivity index (χ3v) is 1.84. The number of carboxylic acids is 1. The van der Waals surface area contributed by atoms with Gasteiger partial charge in [-0.25, -0.2) is 14.4 Å². The topological polar surface area (TPSA) is 114 Å². The van der Waals surface area contributed by atoms with Gasteiger partial charge >= 0.3 is 18.2 Å². The van der Waals surface area contributed by atoms with Gasteiger partial charge in [-0.1, -0.05) is 0 Å². The first kappa shape index (κ1) is 19.0. The van der Waals surface area contributed by atoms with Crippen LogP contribution in [0.2, 0.25) is 0 Å². The van der Waals surface area contributed by atoms with Gasteiger partial charge in [-0.2, -0.15) is 0 Å². The minimum atomic E-state index is -1.31. The van der Waals surface area contributed by atoms with E-state index in [0.717, 1.165) is 0 Å². The van der Waals surface area contributed by atoms with E-state index >= 15 is 0 Å². The fourth-order valence-electron chi connectivity index (χ4n) is 1.15. The number of nitrogens with one attached hydrogen (secondary N) is 2. The fraction of sp³-hybridized carbons (Fsp3) is 0.769. The molecule has 8 nitrogen and oxygen atoms in total. The van der Waals surface area contributed by atoms with Gasteiger partial charge in [0.15, 0.2) is 0 Å². The minimum absolute atomic E-state index is 0.316. The van der Waals surface area contributed by atoms with Gasteiger partial charge in [0.1, 0.15) is 17.2 Å². The number of carboxylic acid groups (broad SMARTS) is 1. The number of hydrogen-bond acceptors (Lipinski definition) is 5. The van der Waals surface area contributed by atoms with Crippen LogP contribution in [0.25, 0.3) is 0 Å². The molecule has 21 heavy (non-hydrogen) atoms. The molecule has 0 spiro atoms. The molecule has 0 saturated carbocycles. The number of carbonyl (C=O) groups is 3. The molecule has 0 aliphatic heterocycles. The third kappa shape index (κ3) is 10.5. The third-order valence-electron chi connectivity index (χ3n) is 1.84. The molecule has 0 heterocycles. The Kier molecular flexibility index (Phi) is 6.47. The number of alkyl carbamates (subject to hydrolysis) is 2. The first-order chi connectivity index (χ1) is 9.30. The van der Waals surface area contributed by atoms with Gasteiger partial charge in [0.2, 0.25) is 0 Å². The number of rotatable bonds is 4. The van der Waals surface area contributed by atoms with E-state index in [9.17, 15) is 14.4 Å². The zero-order valence-electron chi connectivity index (χ0n) is 13.3. The molecule has 3 N–H and O–H groups in total. The van der Waals surface area contributed by atoms with Crippen molar-refractivity contribution in [1.29, 1.82) is 0 Å². The summed E-state index contributed by atoms with van der Waals surface area (Å²) >= 11 is 0. The van der Waals surface area contributed by atoms with Crippen LogP contribution in [-0.4, -0.2) is 47.1 Å². The molecular weight excluding hydrogens is 280 g/mol. The molecule has 1 atom stereocenters. The van der Waals surface area contributed by atoms with E-state index in [-0.39, 0.29) is 6.54 Å². The van der Waals surface area contributed by atoms with Crippen molar-refractivity contribution in [2.24, 2.45) is 0 Å². The highest BCUT2D eigenvalue weighted by atomic mass is 16.6. The zero-order chi connectivity index (χ0) is 16.8. The molecule has 0 aromatic rings. The van der Waals surface area contributed by atoms with Crippen LogP contribution in [0.5, 0.6) is 0 Å². The van der Waals surface area contributed by atoms with Crippen LogP contribution in [0.15, 0.2) is 0 Å². The molecule has 0 aliphatic carbocycles. The zero-order valence-corrected chi connectivity index (χ0v) is 13.3. The summed E-state index contributed by atoms with van der Waals surface area (Å²) in [5.74, 6) is -1.29. The smallest absolute Gasteiger partial charge is 0.408 e.